The first-order valence-electron chi connectivity index (χ1n) is 10.7. The largest absolute Gasteiger partial charge is 0.486 e. The van der Waals surface area contributed by atoms with Crippen molar-refractivity contribution >= 4 is 11.7 Å². The van der Waals surface area contributed by atoms with Crippen molar-refractivity contribution in [3.8, 4) is 16.9 Å². The molecule has 0 unspecified atom stereocenters. The maximum Gasteiger partial charge on any atom is 0.253 e. The number of nitrogens with one attached hydrogen (secondary N) is 1. The van der Waals surface area contributed by atoms with Gasteiger partial charge in [0.25, 0.3) is 5.91 Å². The minimum Gasteiger partial charge on any atom is -0.486 e. The van der Waals surface area contributed by atoms with E-state index in [9.17, 15) is 9.59 Å². The molecule has 2 aliphatic rings. The number of Topliss-reactive ketones (excluding diaryl/α,β-unsaturated/α-hetero) is 1. The Bertz CT molecular complexity index is 1160. The molecule has 5 rings (SSSR count). The minimum absolute atomic E-state index is 0.00852. The van der Waals surface area contributed by atoms with Crippen LogP contribution < -0.4 is 4.74 Å². The van der Waals surface area contributed by atoms with Gasteiger partial charge in [0, 0.05) is 43.3 Å². The van der Waals surface area contributed by atoms with Gasteiger partial charge in [-0.3, -0.25) is 14.7 Å². The summed E-state index contributed by atoms with van der Waals surface area (Å²) in [5, 5.41) is 6.79. The third-order valence-corrected chi connectivity index (χ3v) is 6.61. The van der Waals surface area contributed by atoms with Crippen molar-refractivity contribution in [1.82, 2.24) is 15.1 Å². The zero-order valence-electron chi connectivity index (χ0n) is 17.8. The fourth-order valence-electron chi connectivity index (χ4n) is 4.57. The Morgan fingerprint density at radius 1 is 1.10 bits per heavy atom. The number of piperidine rings is 1. The number of hydrogen-bond acceptors (Lipinski definition) is 4. The van der Waals surface area contributed by atoms with Crippen molar-refractivity contribution in [1.29, 1.82) is 0 Å². The molecule has 2 aliphatic heterocycles. The highest BCUT2D eigenvalue weighted by molar-refractivity contribution is 6.01. The topological polar surface area (TPSA) is 75.3 Å². The van der Waals surface area contributed by atoms with Gasteiger partial charge in [-0.2, -0.15) is 5.10 Å². The number of nitrogens with zero attached hydrogens (tertiary/aromatic N) is 2. The number of carbonyl (C=O) groups is 2. The van der Waals surface area contributed by atoms with Crippen molar-refractivity contribution in [2.45, 2.75) is 38.7 Å². The van der Waals surface area contributed by atoms with E-state index in [2.05, 4.69) is 10.2 Å². The molecule has 0 atom stereocenters. The predicted molar refractivity (Wildman–Crippen MR) is 117 cm³/mol. The van der Waals surface area contributed by atoms with Gasteiger partial charge in [-0.25, -0.2) is 0 Å². The van der Waals surface area contributed by atoms with Crippen molar-refractivity contribution in [2.75, 3.05) is 13.1 Å². The van der Waals surface area contributed by atoms with Crippen LogP contribution in [0, 0.1) is 13.8 Å². The summed E-state index contributed by atoms with van der Waals surface area (Å²) >= 11 is 0. The molecule has 31 heavy (non-hydrogen) atoms. The SMILES string of the molecule is Cc1cc2c(cc1C)C(=O)CC1(CCN(C(=O)c3cccc(-c4cn[nH]c4)c3)CC1)O2. The van der Waals surface area contributed by atoms with Gasteiger partial charge in [-0.15, -0.1) is 0 Å². The average molecular weight is 415 g/mol. The first-order chi connectivity index (χ1) is 14.9. The Labute approximate surface area is 181 Å². The number of aromatic nitrogens is 2. The Kier molecular flexibility index (Phi) is 4.65. The minimum atomic E-state index is -0.513. The molecule has 2 aromatic carbocycles. The number of ketones is 1. The smallest absolute Gasteiger partial charge is 0.253 e. The monoisotopic (exact) mass is 415 g/mol. The Hall–Kier alpha value is -3.41. The predicted octanol–water partition coefficient (Wildman–Crippen LogP) is 4.33. The van der Waals surface area contributed by atoms with Crippen LogP contribution in [0.5, 0.6) is 5.75 Å². The van der Waals surface area contributed by atoms with Gasteiger partial charge < -0.3 is 9.64 Å². The standard InChI is InChI=1S/C25H25N3O3/c1-16-10-21-22(29)13-25(31-23(21)11-17(16)2)6-8-28(9-7-25)24(30)19-5-3-4-18(12-19)20-14-26-27-15-20/h3-5,10-12,14-15H,6-9,13H2,1-2H3,(H,26,27). The van der Waals surface area contributed by atoms with E-state index in [-0.39, 0.29) is 11.7 Å². The van der Waals surface area contributed by atoms with E-state index in [0.29, 0.717) is 49.2 Å². The quantitative estimate of drug-likeness (QED) is 0.676. The molecule has 6 heteroatoms. The highest BCUT2D eigenvalue weighted by atomic mass is 16.5. The lowest BCUT2D eigenvalue weighted by atomic mass is 9.81. The zero-order chi connectivity index (χ0) is 21.6. The third-order valence-electron chi connectivity index (χ3n) is 6.61. The highest BCUT2D eigenvalue weighted by Gasteiger charge is 2.43. The molecule has 1 saturated heterocycles. The first-order valence-corrected chi connectivity index (χ1v) is 10.7. The molecule has 3 aromatic rings. The van der Waals surface area contributed by atoms with Crippen molar-refractivity contribution < 1.29 is 14.3 Å². The Morgan fingerprint density at radius 2 is 1.87 bits per heavy atom. The van der Waals surface area contributed by atoms with Crippen LogP contribution in [0.3, 0.4) is 0 Å². The van der Waals surface area contributed by atoms with Crippen LogP contribution in [0.15, 0.2) is 48.8 Å². The number of ether oxygens (including phenoxy) is 1. The number of aryl methyl sites for hydroxylation is 2. The van der Waals surface area contributed by atoms with E-state index < -0.39 is 5.60 Å². The van der Waals surface area contributed by atoms with Gasteiger partial charge in [0.05, 0.1) is 18.2 Å². The van der Waals surface area contributed by atoms with Gasteiger partial charge in [-0.05, 0) is 54.8 Å². The van der Waals surface area contributed by atoms with Gasteiger partial charge in [0.1, 0.15) is 11.4 Å². The van der Waals surface area contributed by atoms with Gasteiger partial charge in [0.15, 0.2) is 5.78 Å². The molecular weight excluding hydrogens is 390 g/mol. The summed E-state index contributed by atoms with van der Waals surface area (Å²) in [4.78, 5) is 27.8. The first kappa shape index (κ1) is 19.5. The molecule has 1 aromatic heterocycles. The third kappa shape index (κ3) is 3.52. The molecule has 1 spiro atoms. The fraction of sp³-hybridized carbons (Fsp3) is 0.320. The maximum atomic E-state index is 13.1. The number of amides is 1. The van der Waals surface area contributed by atoms with Crippen LogP contribution in [0.4, 0.5) is 0 Å². The second-order valence-corrected chi connectivity index (χ2v) is 8.68. The molecule has 0 radical (unpaired) electrons. The molecule has 1 fully saturated rings. The lowest BCUT2D eigenvalue weighted by molar-refractivity contribution is -0.00575. The Balaban J connectivity index is 1.31. The van der Waals surface area contributed by atoms with E-state index in [1.165, 1.54) is 0 Å². The summed E-state index contributed by atoms with van der Waals surface area (Å²) in [6.45, 7) is 5.19. The van der Waals surface area contributed by atoms with E-state index >= 15 is 0 Å². The molecule has 158 valence electrons. The van der Waals surface area contributed by atoms with Crippen LogP contribution in [0.25, 0.3) is 11.1 Å². The number of aromatic amines is 1. The van der Waals surface area contributed by atoms with Gasteiger partial charge in [0.2, 0.25) is 0 Å². The summed E-state index contributed by atoms with van der Waals surface area (Å²) in [5.74, 6) is 0.832. The molecule has 0 aliphatic carbocycles. The van der Waals surface area contributed by atoms with E-state index in [1.54, 1.807) is 6.20 Å². The summed E-state index contributed by atoms with van der Waals surface area (Å²) in [6.07, 6.45) is 5.23. The molecular formula is C25H25N3O3. The van der Waals surface area contributed by atoms with Crippen molar-refractivity contribution in [2.24, 2.45) is 0 Å². The molecule has 0 saturated carbocycles. The average Bonchev–Trinajstić information content (AvgIpc) is 3.31. The number of H-pyrrole nitrogens is 1. The second kappa shape index (κ2) is 7.38. The van der Waals surface area contributed by atoms with Crippen LogP contribution in [0.1, 0.15) is 51.1 Å². The molecule has 6 nitrogen and oxygen atoms in total. The fourth-order valence-corrected chi connectivity index (χ4v) is 4.57. The maximum absolute atomic E-state index is 13.1. The second-order valence-electron chi connectivity index (χ2n) is 8.68. The summed E-state index contributed by atoms with van der Waals surface area (Å²) in [6, 6.07) is 11.5. The van der Waals surface area contributed by atoms with E-state index in [4.69, 9.17) is 4.74 Å². The van der Waals surface area contributed by atoms with Crippen LogP contribution in [-0.2, 0) is 0 Å². The van der Waals surface area contributed by atoms with E-state index in [0.717, 1.165) is 22.3 Å². The number of fused-ring (bicyclic) bond motifs is 1. The summed E-state index contributed by atoms with van der Waals surface area (Å²) < 4.78 is 6.40. The summed E-state index contributed by atoms with van der Waals surface area (Å²) in [7, 11) is 0. The highest BCUT2D eigenvalue weighted by Crippen LogP contribution is 2.40. The van der Waals surface area contributed by atoms with Crippen molar-refractivity contribution in [3.63, 3.8) is 0 Å². The number of carbonyl (C=O) groups excluding carboxylic acids is 2. The van der Waals surface area contributed by atoms with Crippen LogP contribution in [-0.4, -0.2) is 45.5 Å². The molecule has 0 bridgehead atoms. The van der Waals surface area contributed by atoms with Gasteiger partial charge in [-0.1, -0.05) is 12.1 Å². The van der Waals surface area contributed by atoms with Crippen molar-refractivity contribution in [3.05, 3.63) is 71.0 Å². The van der Waals surface area contributed by atoms with E-state index in [1.807, 2.05) is 61.3 Å². The molecule has 1 amide bonds. The van der Waals surface area contributed by atoms with Crippen LogP contribution in [0.2, 0.25) is 0 Å². The summed E-state index contributed by atoms with van der Waals surface area (Å²) in [5.41, 5.74) is 4.96. The number of likely N-dealkylation sites (tertiary alicyclic amines) is 1. The normalized spacial score (nSPS) is 17.4. The Morgan fingerprint density at radius 3 is 2.61 bits per heavy atom. The molecule has 3 heterocycles. The van der Waals surface area contributed by atoms with Crippen LogP contribution >= 0.6 is 0 Å². The lowest BCUT2D eigenvalue weighted by Crippen LogP contribution is -2.52. The zero-order valence-corrected chi connectivity index (χ0v) is 17.8. The molecule has 1 N–H and O–H groups in total. The number of benzene rings is 2. The lowest BCUT2D eigenvalue weighted by Gasteiger charge is -2.44. The number of hydrogen-bond donors (Lipinski definition) is 1. The number of rotatable bonds is 2. The van der Waals surface area contributed by atoms with Gasteiger partial charge >= 0.3 is 0 Å².